The van der Waals surface area contributed by atoms with Gasteiger partial charge in [-0.3, -0.25) is 4.57 Å². The molecule has 0 aliphatic heterocycles. The van der Waals surface area contributed by atoms with E-state index in [-0.39, 0.29) is 24.1 Å². The van der Waals surface area contributed by atoms with Crippen molar-refractivity contribution in [3.8, 4) is 0 Å². The van der Waals surface area contributed by atoms with Crippen molar-refractivity contribution in [3.05, 3.63) is 11.9 Å². The van der Waals surface area contributed by atoms with Crippen molar-refractivity contribution < 1.29 is 22.7 Å². The number of rotatable bonds is 7. The fourth-order valence-corrected chi connectivity index (χ4v) is 3.06. The first kappa shape index (κ1) is 14.9. The Kier molecular flexibility index (Phi) is 5.87. The largest absolute Gasteiger partial charge is 0.361 e. The average molecular weight is 264 g/mol. The van der Waals surface area contributed by atoms with E-state index >= 15 is 0 Å². The van der Waals surface area contributed by atoms with Crippen LogP contribution in [0.25, 0.3) is 0 Å². The van der Waals surface area contributed by atoms with Crippen LogP contribution < -0.4 is 0 Å². The van der Waals surface area contributed by atoms with Crippen molar-refractivity contribution in [1.82, 2.24) is 0 Å². The van der Waals surface area contributed by atoms with Gasteiger partial charge in [0.1, 0.15) is 14.2 Å². The Morgan fingerprint density at radius 1 is 1.47 bits per heavy atom. The molecule has 17 heavy (non-hydrogen) atoms. The Bertz CT molecular complexity index is 313. The maximum Gasteiger partial charge on any atom is 0.356 e. The molecule has 4 nitrogen and oxygen atoms in total. The monoisotopic (exact) mass is 264 g/mol. The third-order valence-corrected chi connectivity index (χ3v) is 4.27. The van der Waals surface area contributed by atoms with E-state index in [1.807, 2.05) is 0 Å². The topological polar surface area (TPSA) is 44.8 Å². The van der Waals surface area contributed by atoms with Crippen molar-refractivity contribution in [1.29, 1.82) is 0 Å². The third-order valence-electron chi connectivity index (χ3n) is 2.50. The molecular formula is C10H19BFO4P. The summed E-state index contributed by atoms with van der Waals surface area (Å²) in [6.45, 7) is 4.07. The van der Waals surface area contributed by atoms with Crippen molar-refractivity contribution >= 4 is 15.4 Å². The Hall–Kier alpha value is -0.155. The molecule has 0 heterocycles. The predicted octanol–water partition coefficient (Wildman–Crippen LogP) is 2.27. The summed E-state index contributed by atoms with van der Waals surface area (Å²) in [5.74, 6) is -0.295. The lowest BCUT2D eigenvalue weighted by Gasteiger charge is -2.19. The highest BCUT2D eigenvalue weighted by atomic mass is 31.2. The second-order valence-corrected chi connectivity index (χ2v) is 5.97. The number of ether oxygens (including phenoxy) is 1. The summed E-state index contributed by atoms with van der Waals surface area (Å²) in [6, 6.07) is 0. The number of hydrogen-bond donors (Lipinski definition) is 0. The Labute approximate surface area is 102 Å². The Morgan fingerprint density at radius 2 is 2.06 bits per heavy atom. The van der Waals surface area contributed by atoms with Crippen LogP contribution in [0.2, 0.25) is 5.82 Å². The molecule has 0 fully saturated rings. The van der Waals surface area contributed by atoms with E-state index in [2.05, 4.69) is 0 Å². The van der Waals surface area contributed by atoms with Gasteiger partial charge in [0.15, 0.2) is 0 Å². The highest BCUT2D eigenvalue weighted by Crippen LogP contribution is 2.48. The zero-order valence-electron chi connectivity index (χ0n) is 10.5. The van der Waals surface area contributed by atoms with Crippen LogP contribution in [-0.4, -0.2) is 33.5 Å². The van der Waals surface area contributed by atoms with Gasteiger partial charge in [-0.25, -0.2) is 4.39 Å². The van der Waals surface area contributed by atoms with Gasteiger partial charge in [-0.2, -0.15) is 0 Å². The number of hydrogen-bond acceptors (Lipinski definition) is 4. The van der Waals surface area contributed by atoms with Crippen LogP contribution in [-0.2, 0) is 18.3 Å². The van der Waals surface area contributed by atoms with Crippen molar-refractivity contribution in [2.45, 2.75) is 32.2 Å². The van der Waals surface area contributed by atoms with Crippen LogP contribution in [0.4, 0.5) is 4.39 Å². The van der Waals surface area contributed by atoms with E-state index in [4.69, 9.17) is 13.8 Å². The molecule has 2 unspecified atom stereocenters. The molecule has 1 aliphatic rings. The van der Waals surface area contributed by atoms with E-state index in [9.17, 15) is 8.96 Å². The van der Waals surface area contributed by atoms with E-state index < -0.39 is 7.60 Å². The molecule has 98 valence electrons. The maximum absolute atomic E-state index is 13.1. The molecule has 7 heteroatoms. The first-order valence-corrected chi connectivity index (χ1v) is 7.60. The standard InChI is InChI=1S/C10H19BFO4P/c1-3-15-17(13,16-4-2)7-14-8-5-9(11)10(12)6-8/h6,8-9H,3-5,7,11H2,1-2H3. The van der Waals surface area contributed by atoms with E-state index in [1.54, 1.807) is 21.7 Å². The fourth-order valence-electron chi connectivity index (χ4n) is 1.68. The summed E-state index contributed by atoms with van der Waals surface area (Å²) < 4.78 is 40.7. The molecule has 0 amide bonds. The average Bonchev–Trinajstić information content (AvgIpc) is 2.57. The molecule has 0 aromatic rings. The molecule has 0 aromatic carbocycles. The molecule has 0 bridgehead atoms. The summed E-state index contributed by atoms with van der Waals surface area (Å²) in [7, 11) is -1.39. The SMILES string of the molecule is BC1CC(OCP(=O)(OCC)OCC)C=C1F. The predicted molar refractivity (Wildman–Crippen MR) is 66.7 cm³/mol. The van der Waals surface area contributed by atoms with Crippen LogP contribution in [0.1, 0.15) is 20.3 Å². The second kappa shape index (κ2) is 6.69. The molecule has 0 radical (unpaired) electrons. The summed E-state index contributed by atoms with van der Waals surface area (Å²) in [6.07, 6.45) is 1.53. The van der Waals surface area contributed by atoms with Crippen LogP contribution in [0, 0.1) is 0 Å². The zero-order chi connectivity index (χ0) is 12.9. The zero-order valence-corrected chi connectivity index (χ0v) is 11.4. The minimum Gasteiger partial charge on any atom is -0.361 e. The molecule has 0 aromatic heterocycles. The first-order chi connectivity index (χ1) is 8.00. The van der Waals surface area contributed by atoms with Gasteiger partial charge >= 0.3 is 7.60 Å². The van der Waals surface area contributed by atoms with E-state index in [0.29, 0.717) is 19.6 Å². The number of halogens is 1. The molecule has 0 spiro atoms. The fraction of sp³-hybridized carbons (Fsp3) is 0.800. The highest BCUT2D eigenvalue weighted by Gasteiger charge is 2.29. The number of allylic oxidation sites excluding steroid dienone is 1. The van der Waals surface area contributed by atoms with Crippen molar-refractivity contribution in [2.75, 3.05) is 19.6 Å². The smallest absolute Gasteiger partial charge is 0.356 e. The normalized spacial score (nSPS) is 25.0. The summed E-state index contributed by atoms with van der Waals surface area (Å²) in [4.78, 5) is 0. The van der Waals surface area contributed by atoms with Gasteiger partial charge in [0.05, 0.1) is 25.1 Å². The first-order valence-electron chi connectivity index (χ1n) is 5.87. The Morgan fingerprint density at radius 3 is 2.47 bits per heavy atom. The van der Waals surface area contributed by atoms with Crippen molar-refractivity contribution in [2.24, 2.45) is 0 Å². The van der Waals surface area contributed by atoms with Gasteiger partial charge in [0, 0.05) is 0 Å². The molecule has 0 saturated heterocycles. The molecule has 1 aliphatic carbocycles. The van der Waals surface area contributed by atoms with Gasteiger partial charge in [-0.1, -0.05) is 0 Å². The van der Waals surface area contributed by atoms with Gasteiger partial charge in [0.25, 0.3) is 0 Å². The lowest BCUT2D eigenvalue weighted by Crippen LogP contribution is -2.11. The molecule has 0 N–H and O–H groups in total. The quantitative estimate of drug-likeness (QED) is 0.522. The third kappa shape index (κ3) is 4.55. The lowest BCUT2D eigenvalue weighted by molar-refractivity contribution is 0.0944. The van der Waals surface area contributed by atoms with E-state index in [0.717, 1.165) is 0 Å². The molecule has 1 rings (SSSR count). The minimum absolute atomic E-state index is 0.126. The van der Waals surface area contributed by atoms with Crippen molar-refractivity contribution in [3.63, 3.8) is 0 Å². The van der Waals surface area contributed by atoms with Crippen LogP contribution >= 0.6 is 7.60 Å². The molecule has 2 atom stereocenters. The Balaban J connectivity index is 2.45. The lowest BCUT2D eigenvalue weighted by atomic mass is 9.86. The molecule has 0 saturated carbocycles. The van der Waals surface area contributed by atoms with Gasteiger partial charge < -0.3 is 13.8 Å². The maximum atomic E-state index is 13.1. The van der Waals surface area contributed by atoms with Gasteiger partial charge in [-0.15, -0.1) is 0 Å². The van der Waals surface area contributed by atoms with Gasteiger partial charge in [-0.05, 0) is 32.2 Å². The second-order valence-electron chi connectivity index (χ2n) is 3.97. The summed E-state index contributed by atoms with van der Waals surface area (Å²) >= 11 is 0. The highest BCUT2D eigenvalue weighted by molar-refractivity contribution is 7.53. The van der Waals surface area contributed by atoms with Crippen LogP contribution in [0.3, 0.4) is 0 Å². The molecular weight excluding hydrogens is 245 g/mol. The van der Waals surface area contributed by atoms with E-state index in [1.165, 1.54) is 6.08 Å². The van der Waals surface area contributed by atoms with Crippen LogP contribution in [0.15, 0.2) is 11.9 Å². The summed E-state index contributed by atoms with van der Waals surface area (Å²) in [5, 5.41) is 0. The minimum atomic E-state index is -3.19. The van der Waals surface area contributed by atoms with Crippen LogP contribution in [0.5, 0.6) is 0 Å². The van der Waals surface area contributed by atoms with Gasteiger partial charge in [0.2, 0.25) is 0 Å². The summed E-state index contributed by atoms with van der Waals surface area (Å²) in [5.41, 5.74) is 0.